The summed E-state index contributed by atoms with van der Waals surface area (Å²) < 4.78 is 20.4. The Balaban J connectivity index is 1.85. The first kappa shape index (κ1) is 13.1. The maximum Gasteiger partial charge on any atom is 0.360 e. The van der Waals surface area contributed by atoms with Crippen molar-refractivity contribution in [2.75, 3.05) is 6.61 Å². The second-order valence-electron chi connectivity index (χ2n) is 4.05. The summed E-state index contributed by atoms with van der Waals surface area (Å²) in [5, 5.41) is 0. The summed E-state index contributed by atoms with van der Waals surface area (Å²) in [6, 6.07) is 0. The number of hydrogen-bond donors (Lipinski definition) is 0. The van der Waals surface area contributed by atoms with Gasteiger partial charge < -0.3 is 18.0 Å². The molecule has 3 aromatic rings. The minimum atomic E-state index is -0.552. The van der Waals surface area contributed by atoms with E-state index in [0.717, 1.165) is 0 Å². The molecule has 3 aromatic heterocycles. The highest BCUT2D eigenvalue weighted by molar-refractivity contribution is 5.87. The summed E-state index contributed by atoms with van der Waals surface area (Å²) in [4.78, 5) is 23.8. The molecule has 0 aromatic carbocycles. The van der Waals surface area contributed by atoms with Crippen LogP contribution in [0.4, 0.5) is 0 Å². The van der Waals surface area contributed by atoms with Crippen LogP contribution in [0.2, 0.25) is 0 Å². The maximum absolute atomic E-state index is 11.5. The van der Waals surface area contributed by atoms with Crippen molar-refractivity contribution in [3.63, 3.8) is 0 Å². The van der Waals surface area contributed by atoms with Crippen molar-refractivity contribution in [1.29, 1.82) is 0 Å². The van der Waals surface area contributed by atoms with E-state index in [0.29, 0.717) is 17.3 Å². The highest BCUT2D eigenvalue weighted by Crippen LogP contribution is 2.23. The van der Waals surface area contributed by atoms with E-state index in [4.69, 9.17) is 18.0 Å². The van der Waals surface area contributed by atoms with Gasteiger partial charge in [0.2, 0.25) is 11.8 Å². The first-order valence-electron chi connectivity index (χ1n) is 6.18. The SMILES string of the molecule is CCOC(=O)c1coc(-c2coc(-c3coc(C)n3)n2)n1. The number of ether oxygens (including phenoxy) is 1. The molecule has 0 aliphatic rings. The van der Waals surface area contributed by atoms with Crippen LogP contribution in [0.5, 0.6) is 0 Å². The zero-order valence-electron chi connectivity index (χ0n) is 11.3. The lowest BCUT2D eigenvalue weighted by Crippen LogP contribution is -2.04. The van der Waals surface area contributed by atoms with E-state index in [2.05, 4.69) is 15.0 Å². The quantitative estimate of drug-likeness (QED) is 0.674. The number of oxazole rings is 3. The largest absolute Gasteiger partial charge is 0.461 e. The van der Waals surface area contributed by atoms with E-state index in [9.17, 15) is 4.79 Å². The maximum atomic E-state index is 11.5. The normalized spacial score (nSPS) is 10.8. The zero-order valence-corrected chi connectivity index (χ0v) is 11.3. The molecule has 3 heterocycles. The molecule has 0 saturated heterocycles. The van der Waals surface area contributed by atoms with E-state index in [1.807, 2.05) is 0 Å². The second kappa shape index (κ2) is 5.23. The van der Waals surface area contributed by atoms with Crippen molar-refractivity contribution in [1.82, 2.24) is 15.0 Å². The van der Waals surface area contributed by atoms with Gasteiger partial charge in [-0.1, -0.05) is 0 Å². The monoisotopic (exact) mass is 289 g/mol. The van der Waals surface area contributed by atoms with E-state index in [-0.39, 0.29) is 24.1 Å². The molecule has 21 heavy (non-hydrogen) atoms. The van der Waals surface area contributed by atoms with Gasteiger partial charge in [-0.25, -0.2) is 19.7 Å². The second-order valence-corrected chi connectivity index (χ2v) is 4.05. The molecule has 108 valence electrons. The number of esters is 1. The first-order chi connectivity index (χ1) is 10.2. The molecule has 0 aliphatic carbocycles. The summed E-state index contributed by atoms with van der Waals surface area (Å²) in [6.07, 6.45) is 4.01. The fourth-order valence-corrected chi connectivity index (χ4v) is 1.64. The Labute approximate surface area is 118 Å². The molecule has 3 rings (SSSR count). The number of aromatic nitrogens is 3. The van der Waals surface area contributed by atoms with Gasteiger partial charge >= 0.3 is 5.97 Å². The molecule has 0 spiro atoms. The predicted molar refractivity (Wildman–Crippen MR) is 68.2 cm³/mol. The molecule has 8 nitrogen and oxygen atoms in total. The molecule has 0 radical (unpaired) electrons. The summed E-state index contributed by atoms with van der Waals surface area (Å²) in [5.41, 5.74) is 0.894. The Morgan fingerprint density at radius 3 is 2.43 bits per heavy atom. The fraction of sp³-hybridized carbons (Fsp3) is 0.231. The Morgan fingerprint density at radius 2 is 1.71 bits per heavy atom. The lowest BCUT2D eigenvalue weighted by Gasteiger charge is -1.94. The summed E-state index contributed by atoms with van der Waals surface area (Å²) in [6.45, 7) is 3.69. The van der Waals surface area contributed by atoms with Gasteiger partial charge in [0.1, 0.15) is 18.8 Å². The van der Waals surface area contributed by atoms with Crippen LogP contribution < -0.4 is 0 Å². The third-order valence-electron chi connectivity index (χ3n) is 2.55. The van der Waals surface area contributed by atoms with Crippen LogP contribution in [0.15, 0.2) is 32.0 Å². The van der Waals surface area contributed by atoms with E-state index >= 15 is 0 Å². The van der Waals surface area contributed by atoms with Crippen molar-refractivity contribution in [3.8, 4) is 23.2 Å². The van der Waals surface area contributed by atoms with Gasteiger partial charge in [-0.05, 0) is 6.92 Å². The third-order valence-corrected chi connectivity index (χ3v) is 2.55. The van der Waals surface area contributed by atoms with Crippen molar-refractivity contribution in [2.24, 2.45) is 0 Å². The van der Waals surface area contributed by atoms with Crippen molar-refractivity contribution in [2.45, 2.75) is 13.8 Å². The molecule has 0 amide bonds. The van der Waals surface area contributed by atoms with Gasteiger partial charge in [0.15, 0.2) is 23.0 Å². The van der Waals surface area contributed by atoms with E-state index in [1.54, 1.807) is 13.8 Å². The molecule has 0 bridgehead atoms. The number of nitrogens with zero attached hydrogens (tertiary/aromatic N) is 3. The minimum Gasteiger partial charge on any atom is -0.461 e. The standard InChI is InChI=1S/C13H11N3O5/c1-3-18-13(17)10-6-21-12(16-10)9-5-20-11(15-9)8-4-19-7(2)14-8/h4-6H,3H2,1-2H3. The molecule has 0 aliphatic heterocycles. The highest BCUT2D eigenvalue weighted by atomic mass is 16.5. The molecule has 0 saturated carbocycles. The van der Waals surface area contributed by atoms with Gasteiger partial charge in [0.05, 0.1) is 6.61 Å². The molecule has 0 atom stereocenters. The Bertz CT molecular complexity index is 770. The van der Waals surface area contributed by atoms with Crippen LogP contribution in [-0.4, -0.2) is 27.5 Å². The van der Waals surface area contributed by atoms with Crippen LogP contribution in [0, 0.1) is 6.92 Å². The number of carbonyl (C=O) groups is 1. The molecule has 0 N–H and O–H groups in total. The van der Waals surface area contributed by atoms with Gasteiger partial charge in [-0.2, -0.15) is 0 Å². The minimum absolute atomic E-state index is 0.0775. The Kier molecular flexibility index (Phi) is 3.27. The van der Waals surface area contributed by atoms with E-state index in [1.165, 1.54) is 18.8 Å². The van der Waals surface area contributed by atoms with Crippen LogP contribution in [-0.2, 0) is 4.74 Å². The van der Waals surface area contributed by atoms with Gasteiger partial charge in [-0.3, -0.25) is 0 Å². The van der Waals surface area contributed by atoms with E-state index < -0.39 is 5.97 Å². The number of carbonyl (C=O) groups excluding carboxylic acids is 1. The summed E-state index contributed by atoms with van der Waals surface area (Å²) >= 11 is 0. The van der Waals surface area contributed by atoms with Crippen LogP contribution in [0.1, 0.15) is 23.3 Å². The fourth-order valence-electron chi connectivity index (χ4n) is 1.64. The molecule has 0 unspecified atom stereocenters. The average molecular weight is 289 g/mol. The summed E-state index contributed by atoms with van der Waals surface area (Å²) in [5.74, 6) is 0.389. The van der Waals surface area contributed by atoms with Crippen molar-refractivity contribution in [3.05, 3.63) is 30.4 Å². The van der Waals surface area contributed by atoms with Crippen molar-refractivity contribution >= 4 is 5.97 Å². The lowest BCUT2D eigenvalue weighted by atomic mass is 10.4. The zero-order chi connectivity index (χ0) is 14.8. The smallest absolute Gasteiger partial charge is 0.360 e. The van der Waals surface area contributed by atoms with Crippen LogP contribution in [0.25, 0.3) is 23.2 Å². The Morgan fingerprint density at radius 1 is 1.05 bits per heavy atom. The van der Waals surface area contributed by atoms with Gasteiger partial charge in [-0.15, -0.1) is 0 Å². The molecule has 8 heteroatoms. The van der Waals surface area contributed by atoms with Crippen molar-refractivity contribution < 1.29 is 22.8 Å². The summed E-state index contributed by atoms with van der Waals surface area (Å²) in [7, 11) is 0. The topological polar surface area (TPSA) is 104 Å². The third kappa shape index (κ3) is 2.55. The number of hydrogen-bond acceptors (Lipinski definition) is 8. The highest BCUT2D eigenvalue weighted by Gasteiger charge is 2.18. The molecular weight excluding hydrogens is 278 g/mol. The molecule has 0 fully saturated rings. The number of aryl methyl sites for hydroxylation is 1. The predicted octanol–water partition coefficient (Wildman–Crippen LogP) is 2.47. The van der Waals surface area contributed by atoms with Crippen LogP contribution >= 0.6 is 0 Å². The average Bonchev–Trinajstić information content (AvgIpc) is 3.18. The van der Waals surface area contributed by atoms with Gasteiger partial charge in [0, 0.05) is 6.92 Å². The number of rotatable bonds is 4. The Hall–Kier alpha value is -2.90. The molecular formula is C13H11N3O5. The van der Waals surface area contributed by atoms with Crippen LogP contribution in [0.3, 0.4) is 0 Å². The lowest BCUT2D eigenvalue weighted by molar-refractivity contribution is 0.0519. The van der Waals surface area contributed by atoms with Gasteiger partial charge in [0.25, 0.3) is 0 Å². The first-order valence-corrected chi connectivity index (χ1v) is 6.18.